The Morgan fingerprint density at radius 1 is 1.10 bits per heavy atom. The molecule has 0 saturated heterocycles. The van der Waals surface area contributed by atoms with Gasteiger partial charge in [-0.25, -0.2) is 9.97 Å². The van der Waals surface area contributed by atoms with Crippen molar-refractivity contribution < 1.29 is 4.79 Å². The number of hydrogen-bond acceptors (Lipinski definition) is 6. The molecule has 0 saturated carbocycles. The summed E-state index contributed by atoms with van der Waals surface area (Å²) >= 11 is 0. The highest BCUT2D eigenvalue weighted by atomic mass is 16.1. The van der Waals surface area contributed by atoms with Crippen LogP contribution in [0.3, 0.4) is 0 Å². The number of likely N-dealkylation sites (N-methyl/N-ethyl adjacent to an activating group) is 2. The van der Waals surface area contributed by atoms with Crippen LogP contribution in [0.4, 0.5) is 5.82 Å². The Kier molecular flexibility index (Phi) is 9.65. The minimum atomic E-state index is -0.483. The number of hydrogen-bond donors (Lipinski definition) is 2. The Morgan fingerprint density at radius 2 is 1.81 bits per heavy atom. The van der Waals surface area contributed by atoms with Crippen LogP contribution in [0.15, 0.2) is 24.3 Å². The van der Waals surface area contributed by atoms with Crippen LogP contribution in [0, 0.1) is 11.8 Å². The third-order valence-corrected chi connectivity index (χ3v) is 5.59. The van der Waals surface area contributed by atoms with Crippen LogP contribution >= 0.6 is 0 Å². The first-order valence-corrected chi connectivity index (χ1v) is 11.4. The molecular weight excluding hydrogens is 388 g/mol. The average Bonchev–Trinajstić information content (AvgIpc) is 2.71. The summed E-state index contributed by atoms with van der Waals surface area (Å²) in [4.78, 5) is 26.2. The summed E-state index contributed by atoms with van der Waals surface area (Å²) in [5.41, 5.74) is 6.48. The molecule has 0 radical (unpaired) electrons. The van der Waals surface area contributed by atoms with Crippen LogP contribution in [0.1, 0.15) is 46.9 Å². The zero-order valence-corrected chi connectivity index (χ0v) is 20.1. The molecule has 2 rings (SSSR count). The van der Waals surface area contributed by atoms with E-state index in [0.717, 1.165) is 48.8 Å². The van der Waals surface area contributed by atoms with Crippen molar-refractivity contribution in [1.29, 1.82) is 0 Å². The van der Waals surface area contributed by atoms with Gasteiger partial charge in [0.2, 0.25) is 5.91 Å². The summed E-state index contributed by atoms with van der Waals surface area (Å²) < 4.78 is 0. The van der Waals surface area contributed by atoms with Gasteiger partial charge in [0.1, 0.15) is 17.7 Å². The fourth-order valence-electron chi connectivity index (χ4n) is 3.52. The predicted octanol–water partition coefficient (Wildman–Crippen LogP) is 3.35. The van der Waals surface area contributed by atoms with Gasteiger partial charge in [-0.1, -0.05) is 46.8 Å². The van der Waals surface area contributed by atoms with Crippen molar-refractivity contribution in [1.82, 2.24) is 19.8 Å². The third-order valence-electron chi connectivity index (χ3n) is 5.59. The molecule has 2 aromatic rings. The summed E-state index contributed by atoms with van der Waals surface area (Å²) in [5, 5.41) is 4.16. The normalized spacial score (nSPS) is 13.0. The maximum Gasteiger partial charge on any atom is 0.240 e. The van der Waals surface area contributed by atoms with Crippen molar-refractivity contribution in [3.05, 3.63) is 30.1 Å². The summed E-state index contributed by atoms with van der Waals surface area (Å²) in [6.07, 6.45) is 1.22. The fourth-order valence-corrected chi connectivity index (χ4v) is 3.52. The molecule has 0 bridgehead atoms. The molecule has 1 atom stereocenters. The minimum absolute atomic E-state index is 0.0585. The second-order valence-electron chi connectivity index (χ2n) is 9.13. The number of amides is 1. The molecule has 0 aliphatic carbocycles. The van der Waals surface area contributed by atoms with Gasteiger partial charge >= 0.3 is 0 Å². The van der Waals surface area contributed by atoms with Gasteiger partial charge in [-0.3, -0.25) is 9.69 Å². The van der Waals surface area contributed by atoms with Crippen LogP contribution in [0.25, 0.3) is 10.9 Å². The first-order valence-electron chi connectivity index (χ1n) is 11.4. The molecule has 7 nitrogen and oxygen atoms in total. The van der Waals surface area contributed by atoms with Gasteiger partial charge in [0.15, 0.2) is 0 Å². The molecule has 1 aromatic heterocycles. The largest absolute Gasteiger partial charge is 0.368 e. The molecule has 1 amide bonds. The number of anilines is 1. The smallest absolute Gasteiger partial charge is 0.240 e. The van der Waals surface area contributed by atoms with Crippen molar-refractivity contribution in [2.24, 2.45) is 17.6 Å². The van der Waals surface area contributed by atoms with Crippen molar-refractivity contribution in [3.63, 3.8) is 0 Å². The van der Waals surface area contributed by atoms with E-state index >= 15 is 0 Å². The predicted molar refractivity (Wildman–Crippen MR) is 129 cm³/mol. The Morgan fingerprint density at radius 3 is 2.42 bits per heavy atom. The highest BCUT2D eigenvalue weighted by Crippen LogP contribution is 2.22. The number of benzene rings is 1. The number of carbonyl (C=O) groups is 1. The van der Waals surface area contributed by atoms with E-state index in [1.165, 1.54) is 6.42 Å². The molecule has 1 heterocycles. The molecule has 0 aliphatic rings. The zero-order chi connectivity index (χ0) is 23.0. The first-order chi connectivity index (χ1) is 14.7. The van der Waals surface area contributed by atoms with E-state index in [4.69, 9.17) is 15.7 Å². The van der Waals surface area contributed by atoms with E-state index in [-0.39, 0.29) is 11.8 Å². The molecule has 0 spiro atoms. The van der Waals surface area contributed by atoms with Gasteiger partial charge < -0.3 is 16.0 Å². The van der Waals surface area contributed by atoms with Gasteiger partial charge in [0, 0.05) is 18.5 Å². The number of nitrogens with two attached hydrogens (primary N) is 1. The molecule has 0 aliphatic heterocycles. The van der Waals surface area contributed by atoms with Gasteiger partial charge in [0.05, 0.1) is 12.1 Å². The summed E-state index contributed by atoms with van der Waals surface area (Å²) in [6.45, 7) is 15.5. The highest BCUT2D eigenvalue weighted by Gasteiger charge is 2.21. The maximum absolute atomic E-state index is 11.9. The molecular formula is C24H40N6O. The van der Waals surface area contributed by atoms with E-state index in [2.05, 4.69) is 42.9 Å². The number of primary amides is 1. The second kappa shape index (κ2) is 12.0. The molecule has 1 aromatic carbocycles. The van der Waals surface area contributed by atoms with Crippen LogP contribution in [0.5, 0.6) is 0 Å². The van der Waals surface area contributed by atoms with Crippen LogP contribution in [-0.4, -0.2) is 64.9 Å². The van der Waals surface area contributed by atoms with E-state index in [9.17, 15) is 4.79 Å². The fraction of sp³-hybridized carbons (Fsp3) is 0.625. The highest BCUT2D eigenvalue weighted by molar-refractivity contribution is 5.91. The van der Waals surface area contributed by atoms with Gasteiger partial charge in [-0.05, 0) is 50.5 Å². The Labute approximate surface area is 187 Å². The molecule has 0 fully saturated rings. The Balaban J connectivity index is 2.14. The quantitative estimate of drug-likeness (QED) is 0.509. The van der Waals surface area contributed by atoms with E-state index in [1.54, 1.807) is 0 Å². The van der Waals surface area contributed by atoms with Crippen LogP contribution in [0.2, 0.25) is 0 Å². The average molecular weight is 429 g/mol. The summed E-state index contributed by atoms with van der Waals surface area (Å²) in [6, 6.07) is 7.38. The van der Waals surface area contributed by atoms with E-state index in [1.807, 2.05) is 38.1 Å². The Hall–Kier alpha value is -2.25. The molecule has 3 N–H and O–H groups in total. The number of nitrogens with one attached hydrogen (secondary N) is 1. The topological polar surface area (TPSA) is 87.4 Å². The lowest BCUT2D eigenvalue weighted by Gasteiger charge is -2.25. The number of aromatic nitrogens is 2. The van der Waals surface area contributed by atoms with Crippen molar-refractivity contribution >= 4 is 22.6 Å². The maximum atomic E-state index is 11.9. The molecule has 7 heteroatoms. The summed E-state index contributed by atoms with van der Waals surface area (Å²) in [5.74, 6) is 1.80. The lowest BCUT2D eigenvalue weighted by molar-refractivity contribution is -0.119. The number of nitrogens with zero attached hydrogens (tertiary/aromatic N) is 4. The van der Waals surface area contributed by atoms with Gasteiger partial charge in [0.25, 0.3) is 0 Å². The number of rotatable bonds is 13. The summed E-state index contributed by atoms with van der Waals surface area (Å²) in [7, 11) is 2.10. The molecule has 0 unspecified atom stereocenters. The van der Waals surface area contributed by atoms with Gasteiger partial charge in [-0.2, -0.15) is 0 Å². The monoisotopic (exact) mass is 428 g/mol. The van der Waals surface area contributed by atoms with Crippen LogP contribution in [-0.2, 0) is 11.3 Å². The SMILES string of the molecule is CCN(CCC(C)C)CCN(C)Cc1nc(N[C@H](C(N)=O)C(C)C)c2ccccc2n1. The molecule has 31 heavy (non-hydrogen) atoms. The third kappa shape index (κ3) is 7.74. The van der Waals surface area contributed by atoms with E-state index in [0.29, 0.717) is 12.4 Å². The number of carbonyl (C=O) groups excluding carboxylic acids is 1. The second-order valence-corrected chi connectivity index (χ2v) is 9.13. The standard InChI is InChI=1S/C24H40N6O/c1-7-30(13-12-17(2)3)15-14-29(6)16-21-26-20-11-9-8-10-19(20)24(27-21)28-22(18(4)5)23(25)31/h8-11,17-18,22H,7,12-16H2,1-6H3,(H2,25,31)(H,26,27,28)/t22-/m0/s1. The van der Waals surface area contributed by atoms with E-state index < -0.39 is 6.04 Å². The van der Waals surface area contributed by atoms with Gasteiger partial charge in [-0.15, -0.1) is 0 Å². The molecule has 172 valence electrons. The van der Waals surface area contributed by atoms with Crippen LogP contribution < -0.4 is 11.1 Å². The Bertz CT molecular complexity index is 838. The lowest BCUT2D eigenvalue weighted by Crippen LogP contribution is -2.40. The minimum Gasteiger partial charge on any atom is -0.368 e. The van der Waals surface area contributed by atoms with Crippen molar-refractivity contribution in [2.75, 3.05) is 38.5 Å². The zero-order valence-electron chi connectivity index (χ0n) is 20.1. The first kappa shape index (κ1) is 25.0. The number of para-hydroxylation sites is 1. The van der Waals surface area contributed by atoms with Crippen molar-refractivity contribution in [2.45, 2.75) is 53.6 Å². The lowest BCUT2D eigenvalue weighted by atomic mass is 10.0. The van der Waals surface area contributed by atoms with Crippen molar-refractivity contribution in [3.8, 4) is 0 Å². The number of fused-ring (bicyclic) bond motifs is 1.